The van der Waals surface area contributed by atoms with Crippen LogP contribution >= 0.6 is 11.3 Å². The highest BCUT2D eigenvalue weighted by Crippen LogP contribution is 2.33. The average molecular weight is 656 g/mol. The Balaban J connectivity index is 0.914. The molecule has 48 heavy (non-hydrogen) atoms. The van der Waals surface area contributed by atoms with E-state index in [-0.39, 0.29) is 24.8 Å². The van der Waals surface area contributed by atoms with Crippen molar-refractivity contribution in [2.24, 2.45) is 0 Å². The van der Waals surface area contributed by atoms with Gasteiger partial charge in [0, 0.05) is 56.4 Å². The number of nitrogens with zero attached hydrogens (tertiary/aromatic N) is 4. The molecule has 9 nitrogen and oxygen atoms in total. The molecule has 4 heterocycles. The van der Waals surface area contributed by atoms with Crippen molar-refractivity contribution in [3.63, 3.8) is 0 Å². The van der Waals surface area contributed by atoms with Crippen molar-refractivity contribution in [2.45, 2.75) is 38.3 Å². The van der Waals surface area contributed by atoms with Crippen LogP contribution in [0.5, 0.6) is 5.75 Å². The Morgan fingerprint density at radius 1 is 0.958 bits per heavy atom. The fourth-order valence-electron chi connectivity index (χ4n) is 5.98. The normalized spacial score (nSPS) is 15.6. The lowest BCUT2D eigenvalue weighted by molar-refractivity contribution is -0.136. The first kappa shape index (κ1) is 31.1. The first-order valence-corrected chi connectivity index (χ1v) is 16.6. The number of amides is 3. The van der Waals surface area contributed by atoms with Crippen LogP contribution in [0.1, 0.15) is 40.7 Å². The smallest absolute Gasteiger partial charge is 0.255 e. The number of carbonyl (C=O) groups is 3. The molecule has 0 radical (unpaired) electrons. The second-order valence-corrected chi connectivity index (χ2v) is 13.1. The number of thiazole rings is 1. The molecule has 3 aromatic carbocycles. The third-order valence-electron chi connectivity index (χ3n) is 8.59. The molecular weight excluding hydrogens is 623 g/mol. The molecule has 2 aromatic heterocycles. The zero-order valence-corrected chi connectivity index (χ0v) is 27.5. The summed E-state index contributed by atoms with van der Waals surface area (Å²) in [6.07, 6.45) is 3.99. The first-order valence-electron chi connectivity index (χ1n) is 15.8. The summed E-state index contributed by atoms with van der Waals surface area (Å²) in [6.45, 7) is 0.545. The van der Waals surface area contributed by atoms with Crippen LogP contribution in [0.3, 0.4) is 0 Å². The van der Waals surface area contributed by atoms with Crippen LogP contribution < -0.4 is 15.0 Å². The maximum atomic E-state index is 12.9. The Morgan fingerprint density at radius 3 is 2.54 bits per heavy atom. The summed E-state index contributed by atoms with van der Waals surface area (Å²) in [4.78, 5) is 49.6. The van der Waals surface area contributed by atoms with Gasteiger partial charge < -0.3 is 14.5 Å². The zero-order chi connectivity index (χ0) is 33.2. The second-order valence-electron chi connectivity index (χ2n) is 12.1. The Kier molecular flexibility index (Phi) is 8.61. The van der Waals surface area contributed by atoms with Gasteiger partial charge in [0.05, 0.1) is 10.2 Å². The minimum atomic E-state index is -0.634. The van der Waals surface area contributed by atoms with Crippen molar-refractivity contribution < 1.29 is 19.1 Å². The van der Waals surface area contributed by atoms with E-state index in [0.29, 0.717) is 30.7 Å². The molecule has 240 valence electrons. The SMILES string of the molecule is CN(C)c1ccc(-c2ccc(-c3nc4ccc(CCC#CCOc5ccc6c(c5)CN(C5CCC(=O)NC5=O)C6=O)cc4s3)cc2)cn1. The van der Waals surface area contributed by atoms with Gasteiger partial charge in [0.15, 0.2) is 0 Å². The lowest BCUT2D eigenvalue weighted by atomic mass is 10.0. The van der Waals surface area contributed by atoms with Crippen molar-refractivity contribution in [1.29, 1.82) is 0 Å². The van der Waals surface area contributed by atoms with Gasteiger partial charge in [0.2, 0.25) is 11.8 Å². The van der Waals surface area contributed by atoms with Gasteiger partial charge in [0.25, 0.3) is 5.91 Å². The summed E-state index contributed by atoms with van der Waals surface area (Å²) in [6, 6.07) is 23.6. The van der Waals surface area contributed by atoms with Crippen molar-refractivity contribution in [1.82, 2.24) is 20.2 Å². The Labute approximate surface area is 282 Å². The molecule has 1 saturated heterocycles. The largest absolute Gasteiger partial charge is 0.481 e. The van der Waals surface area contributed by atoms with E-state index in [1.807, 2.05) is 37.3 Å². The predicted molar refractivity (Wildman–Crippen MR) is 187 cm³/mol. The Morgan fingerprint density at radius 2 is 1.77 bits per heavy atom. The summed E-state index contributed by atoms with van der Waals surface area (Å²) in [5, 5.41) is 3.32. The molecule has 0 saturated carbocycles. The van der Waals surface area contributed by atoms with Crippen molar-refractivity contribution >= 4 is 45.1 Å². The van der Waals surface area contributed by atoms with Crippen LogP contribution in [0.2, 0.25) is 0 Å². The highest BCUT2D eigenvalue weighted by molar-refractivity contribution is 7.21. The molecule has 1 atom stereocenters. The van der Waals surface area contributed by atoms with Crippen molar-refractivity contribution in [3.05, 3.63) is 95.7 Å². The molecule has 0 bridgehead atoms. The summed E-state index contributed by atoms with van der Waals surface area (Å²) < 4.78 is 6.99. The Hall–Kier alpha value is -5.53. The second kappa shape index (κ2) is 13.3. The molecular formula is C38H33N5O4S. The van der Waals surface area contributed by atoms with E-state index in [1.165, 1.54) is 10.5 Å². The highest BCUT2D eigenvalue weighted by atomic mass is 32.1. The number of fused-ring (bicyclic) bond motifs is 2. The summed E-state index contributed by atoms with van der Waals surface area (Å²) >= 11 is 1.69. The van der Waals surface area contributed by atoms with E-state index in [2.05, 4.69) is 70.7 Å². The van der Waals surface area contributed by atoms with Crippen LogP contribution in [0.15, 0.2) is 79.0 Å². The number of nitrogens with one attached hydrogen (secondary N) is 1. The Bertz CT molecular complexity index is 2090. The van der Waals surface area contributed by atoms with Crippen molar-refractivity contribution in [2.75, 3.05) is 25.6 Å². The predicted octanol–water partition coefficient (Wildman–Crippen LogP) is 5.87. The quantitative estimate of drug-likeness (QED) is 0.165. The number of aromatic nitrogens is 2. The summed E-state index contributed by atoms with van der Waals surface area (Å²) in [7, 11) is 3.96. The van der Waals surface area contributed by atoms with Gasteiger partial charge in [-0.25, -0.2) is 9.97 Å². The van der Waals surface area contributed by atoms with Gasteiger partial charge in [-0.1, -0.05) is 42.2 Å². The molecule has 5 aromatic rings. The lowest BCUT2D eigenvalue weighted by Crippen LogP contribution is -2.52. The van der Waals surface area contributed by atoms with Gasteiger partial charge in [-0.2, -0.15) is 0 Å². The maximum absolute atomic E-state index is 12.9. The van der Waals surface area contributed by atoms with Gasteiger partial charge in [-0.15, -0.1) is 11.3 Å². The van der Waals surface area contributed by atoms with E-state index in [0.717, 1.165) is 49.7 Å². The molecule has 2 aliphatic heterocycles. The molecule has 0 spiro atoms. The topological polar surface area (TPSA) is 105 Å². The average Bonchev–Trinajstić information content (AvgIpc) is 3.66. The van der Waals surface area contributed by atoms with Crippen molar-refractivity contribution in [3.8, 4) is 39.3 Å². The molecule has 1 unspecified atom stereocenters. The number of aryl methyl sites for hydroxylation is 1. The van der Waals surface area contributed by atoms with Gasteiger partial charge in [-0.3, -0.25) is 19.7 Å². The fraction of sp³-hybridized carbons (Fsp3) is 0.237. The molecule has 1 N–H and O–H groups in total. The first-order chi connectivity index (χ1) is 23.3. The van der Waals surface area contributed by atoms with Crippen LogP contribution in [-0.4, -0.2) is 59.3 Å². The molecule has 1 fully saturated rings. The van der Waals surface area contributed by atoms with Crippen LogP contribution in [-0.2, 0) is 22.6 Å². The minimum absolute atomic E-state index is 0.201. The number of hydrogen-bond donors (Lipinski definition) is 1. The number of rotatable bonds is 8. The lowest BCUT2D eigenvalue weighted by Gasteiger charge is -2.29. The maximum Gasteiger partial charge on any atom is 0.255 e. The third-order valence-corrected chi connectivity index (χ3v) is 9.66. The van der Waals surface area contributed by atoms with Gasteiger partial charge >= 0.3 is 0 Å². The zero-order valence-electron chi connectivity index (χ0n) is 26.7. The van der Waals surface area contributed by atoms with Gasteiger partial charge in [-0.05, 0) is 72.0 Å². The number of carbonyl (C=O) groups excluding carboxylic acids is 3. The van der Waals surface area contributed by atoms with Crippen LogP contribution in [0.25, 0.3) is 31.9 Å². The number of benzene rings is 3. The molecule has 7 rings (SSSR count). The molecule has 10 heteroatoms. The van der Waals surface area contributed by atoms with Gasteiger partial charge in [0.1, 0.15) is 29.2 Å². The molecule has 0 aliphatic carbocycles. The van der Waals surface area contributed by atoms with E-state index in [1.54, 1.807) is 23.5 Å². The third kappa shape index (κ3) is 6.50. The number of piperidine rings is 1. The van der Waals surface area contributed by atoms with E-state index in [4.69, 9.17) is 9.72 Å². The summed E-state index contributed by atoms with van der Waals surface area (Å²) in [5.74, 6) is 6.92. The number of hydrogen-bond acceptors (Lipinski definition) is 8. The number of imide groups is 1. The number of anilines is 1. The molecule has 2 aliphatic rings. The fourth-order valence-corrected chi connectivity index (χ4v) is 7.02. The standard InChI is InChI=1S/C38H33N5O4S/c1-42(2)34-17-12-27(22-39-34)25-8-10-26(11-9-25)37-40-31-15-7-24(20-33(31)48-37)6-4-3-5-19-47-29-13-14-30-28(21-29)23-43(38(30)46)32-16-18-35(44)41-36(32)45/h7-15,17,20-22,32H,4,6,16,18-19,23H2,1-2H3,(H,41,44,45). The number of pyridine rings is 1. The highest BCUT2D eigenvalue weighted by Gasteiger charge is 2.39. The van der Waals surface area contributed by atoms with Crippen LogP contribution in [0, 0.1) is 11.8 Å². The number of ether oxygens (including phenoxy) is 1. The molecule has 3 amide bonds. The minimum Gasteiger partial charge on any atom is -0.481 e. The van der Waals surface area contributed by atoms with Crippen LogP contribution in [0.4, 0.5) is 5.82 Å². The summed E-state index contributed by atoms with van der Waals surface area (Å²) in [5.41, 5.74) is 6.85. The van der Waals surface area contributed by atoms with E-state index < -0.39 is 11.9 Å². The van der Waals surface area contributed by atoms with E-state index >= 15 is 0 Å². The monoisotopic (exact) mass is 655 g/mol. The van der Waals surface area contributed by atoms with E-state index in [9.17, 15) is 14.4 Å².